The number of aromatic nitrogens is 2. The van der Waals surface area contributed by atoms with Crippen LogP contribution in [0.5, 0.6) is 6.01 Å². The molecule has 1 aromatic rings. The molecule has 0 unspecified atom stereocenters. The zero-order valence-corrected chi connectivity index (χ0v) is 12.1. The van der Waals surface area contributed by atoms with Crippen LogP contribution in [0.15, 0.2) is 6.20 Å². The second kappa shape index (κ2) is 6.74. The molecule has 0 aliphatic carbocycles. The van der Waals surface area contributed by atoms with Gasteiger partial charge in [-0.1, -0.05) is 11.6 Å². The van der Waals surface area contributed by atoms with Gasteiger partial charge in [-0.25, -0.2) is 4.98 Å². The lowest BCUT2D eigenvalue weighted by molar-refractivity contribution is -0.137. The zero-order chi connectivity index (χ0) is 14.5. The molecule has 2 rings (SSSR count). The van der Waals surface area contributed by atoms with Crippen LogP contribution < -0.4 is 9.64 Å². The number of aliphatic carboxylic acids is 1. The van der Waals surface area contributed by atoms with E-state index in [0.717, 1.165) is 32.4 Å². The molecule has 0 aromatic carbocycles. The van der Waals surface area contributed by atoms with Crippen LogP contribution >= 0.6 is 11.6 Å². The highest BCUT2D eigenvalue weighted by Gasteiger charge is 2.22. The summed E-state index contributed by atoms with van der Waals surface area (Å²) in [5, 5.41) is 9.22. The molecule has 20 heavy (non-hydrogen) atoms. The molecule has 1 fully saturated rings. The second-order valence-electron chi connectivity index (χ2n) is 4.89. The maximum atomic E-state index is 10.6. The average molecular weight is 300 g/mol. The molecule has 2 heterocycles. The van der Waals surface area contributed by atoms with Crippen molar-refractivity contribution in [2.75, 3.05) is 25.1 Å². The molecule has 1 aliphatic heterocycles. The van der Waals surface area contributed by atoms with Gasteiger partial charge < -0.3 is 14.7 Å². The van der Waals surface area contributed by atoms with Crippen LogP contribution in [0.2, 0.25) is 5.02 Å². The van der Waals surface area contributed by atoms with Crippen LogP contribution in [0.1, 0.15) is 25.7 Å². The number of carboxylic acid groups (broad SMARTS) is 1. The van der Waals surface area contributed by atoms with Crippen LogP contribution in [0.4, 0.5) is 5.82 Å². The Labute approximate surface area is 122 Å². The van der Waals surface area contributed by atoms with Gasteiger partial charge >= 0.3 is 12.0 Å². The van der Waals surface area contributed by atoms with Gasteiger partial charge in [-0.05, 0) is 25.2 Å². The minimum absolute atomic E-state index is 0.243. The third-order valence-corrected chi connectivity index (χ3v) is 3.83. The van der Waals surface area contributed by atoms with Gasteiger partial charge in [0, 0.05) is 19.5 Å². The largest absolute Gasteiger partial charge is 0.481 e. The first-order valence-electron chi connectivity index (χ1n) is 6.63. The van der Waals surface area contributed by atoms with Crippen LogP contribution in [0, 0.1) is 5.92 Å². The van der Waals surface area contributed by atoms with E-state index in [1.165, 1.54) is 7.11 Å². The number of rotatable bonds is 5. The number of anilines is 1. The topological polar surface area (TPSA) is 75.5 Å². The van der Waals surface area contributed by atoms with Crippen molar-refractivity contribution in [3.63, 3.8) is 0 Å². The summed E-state index contributed by atoms with van der Waals surface area (Å²) in [5.41, 5.74) is 0. The van der Waals surface area contributed by atoms with Gasteiger partial charge in [-0.3, -0.25) is 4.79 Å². The molecule has 1 aromatic heterocycles. The number of ether oxygens (including phenoxy) is 1. The molecule has 0 radical (unpaired) electrons. The first-order chi connectivity index (χ1) is 9.60. The fraction of sp³-hybridized carbons (Fsp3) is 0.615. The highest BCUT2D eigenvalue weighted by atomic mass is 35.5. The number of hydrogen-bond donors (Lipinski definition) is 1. The number of carboxylic acids is 1. The van der Waals surface area contributed by atoms with E-state index in [9.17, 15) is 4.79 Å². The summed E-state index contributed by atoms with van der Waals surface area (Å²) in [6.45, 7) is 1.65. The highest BCUT2D eigenvalue weighted by Crippen LogP contribution is 2.29. The Morgan fingerprint density at radius 2 is 2.25 bits per heavy atom. The monoisotopic (exact) mass is 299 g/mol. The Hall–Kier alpha value is -1.56. The van der Waals surface area contributed by atoms with E-state index in [4.69, 9.17) is 21.4 Å². The molecule has 6 nitrogen and oxygen atoms in total. The molecule has 0 spiro atoms. The maximum absolute atomic E-state index is 10.6. The first kappa shape index (κ1) is 14.8. The van der Waals surface area contributed by atoms with Gasteiger partial charge in [-0.2, -0.15) is 4.98 Å². The van der Waals surface area contributed by atoms with Crippen molar-refractivity contribution >= 4 is 23.4 Å². The lowest BCUT2D eigenvalue weighted by atomic mass is 9.92. The Morgan fingerprint density at radius 3 is 2.85 bits per heavy atom. The summed E-state index contributed by atoms with van der Waals surface area (Å²) in [5.74, 6) is 0.427. The summed E-state index contributed by atoms with van der Waals surface area (Å²) >= 11 is 6.13. The van der Waals surface area contributed by atoms with Gasteiger partial charge in [0.05, 0.1) is 13.3 Å². The summed E-state index contributed by atoms with van der Waals surface area (Å²) in [6, 6.07) is 0.303. The number of carbonyl (C=O) groups is 1. The fourth-order valence-electron chi connectivity index (χ4n) is 2.42. The van der Waals surface area contributed by atoms with Crippen LogP contribution in [0.3, 0.4) is 0 Å². The van der Waals surface area contributed by atoms with Gasteiger partial charge in [0.25, 0.3) is 0 Å². The van der Waals surface area contributed by atoms with Crippen molar-refractivity contribution < 1.29 is 14.6 Å². The maximum Gasteiger partial charge on any atom is 0.318 e. The van der Waals surface area contributed by atoms with E-state index in [1.54, 1.807) is 6.20 Å². The Morgan fingerprint density at radius 1 is 1.55 bits per heavy atom. The van der Waals surface area contributed by atoms with Gasteiger partial charge in [0.15, 0.2) is 5.82 Å². The van der Waals surface area contributed by atoms with Gasteiger partial charge in [-0.15, -0.1) is 0 Å². The first-order valence-corrected chi connectivity index (χ1v) is 7.01. The molecule has 1 aliphatic rings. The summed E-state index contributed by atoms with van der Waals surface area (Å²) in [4.78, 5) is 20.9. The van der Waals surface area contributed by atoms with Crippen LogP contribution in [0.25, 0.3) is 0 Å². The highest BCUT2D eigenvalue weighted by molar-refractivity contribution is 6.32. The van der Waals surface area contributed by atoms with Crippen molar-refractivity contribution in [2.45, 2.75) is 25.7 Å². The predicted octanol–water partition coefficient (Wildman–Crippen LogP) is 2.22. The van der Waals surface area contributed by atoms with E-state index in [-0.39, 0.29) is 6.42 Å². The molecule has 7 heteroatoms. The van der Waals surface area contributed by atoms with E-state index in [0.29, 0.717) is 22.8 Å². The van der Waals surface area contributed by atoms with E-state index >= 15 is 0 Å². The van der Waals surface area contributed by atoms with Crippen LogP contribution in [-0.4, -0.2) is 41.2 Å². The van der Waals surface area contributed by atoms with Crippen LogP contribution in [-0.2, 0) is 4.79 Å². The summed E-state index contributed by atoms with van der Waals surface area (Å²) in [6.07, 6.45) is 4.43. The molecular weight excluding hydrogens is 282 g/mol. The van der Waals surface area contributed by atoms with Crippen molar-refractivity contribution in [1.82, 2.24) is 9.97 Å². The zero-order valence-electron chi connectivity index (χ0n) is 11.4. The van der Waals surface area contributed by atoms with Crippen molar-refractivity contribution in [3.8, 4) is 6.01 Å². The molecule has 0 atom stereocenters. The quantitative estimate of drug-likeness (QED) is 0.898. The molecule has 0 bridgehead atoms. The number of halogens is 1. The van der Waals surface area contributed by atoms with Gasteiger partial charge in [0.1, 0.15) is 5.02 Å². The lowest BCUT2D eigenvalue weighted by Crippen LogP contribution is -2.34. The number of nitrogens with zero attached hydrogens (tertiary/aromatic N) is 3. The number of hydrogen-bond acceptors (Lipinski definition) is 5. The smallest absolute Gasteiger partial charge is 0.318 e. The third-order valence-electron chi connectivity index (χ3n) is 3.57. The molecule has 1 saturated heterocycles. The molecule has 0 saturated carbocycles. The van der Waals surface area contributed by atoms with E-state index < -0.39 is 5.97 Å². The summed E-state index contributed by atoms with van der Waals surface area (Å²) < 4.78 is 5.01. The second-order valence-corrected chi connectivity index (χ2v) is 5.30. The van der Waals surface area contributed by atoms with E-state index in [1.807, 2.05) is 0 Å². The normalized spacial score (nSPS) is 16.2. The van der Waals surface area contributed by atoms with Gasteiger partial charge in [0.2, 0.25) is 0 Å². The SMILES string of the molecule is COc1ncc(Cl)c(N2CCC(CCC(=O)O)CC2)n1. The minimum atomic E-state index is -0.726. The lowest BCUT2D eigenvalue weighted by Gasteiger charge is -2.33. The molecular formula is C13H18ClN3O3. The summed E-state index contributed by atoms with van der Waals surface area (Å²) in [7, 11) is 1.52. The number of piperidine rings is 1. The fourth-order valence-corrected chi connectivity index (χ4v) is 2.63. The van der Waals surface area contributed by atoms with E-state index in [2.05, 4.69) is 14.9 Å². The predicted molar refractivity (Wildman–Crippen MR) is 75.4 cm³/mol. The van der Waals surface area contributed by atoms with Crippen molar-refractivity contribution in [3.05, 3.63) is 11.2 Å². The molecule has 1 N–H and O–H groups in total. The number of methoxy groups -OCH3 is 1. The minimum Gasteiger partial charge on any atom is -0.481 e. The Balaban J connectivity index is 1.95. The average Bonchev–Trinajstić information content (AvgIpc) is 2.46. The Kier molecular flexibility index (Phi) is 5.00. The third kappa shape index (κ3) is 3.72. The molecule has 0 amide bonds. The molecule has 110 valence electrons. The standard InChI is InChI=1S/C13H18ClN3O3/c1-20-13-15-8-10(14)12(16-13)17-6-4-9(5-7-17)2-3-11(18)19/h8-9H,2-7H2,1H3,(H,18,19). The van der Waals surface area contributed by atoms with Crippen molar-refractivity contribution in [1.29, 1.82) is 0 Å². The Bertz CT molecular complexity index is 476. The van der Waals surface area contributed by atoms with Crippen molar-refractivity contribution in [2.24, 2.45) is 5.92 Å².